The summed E-state index contributed by atoms with van der Waals surface area (Å²) in [7, 11) is 0. The Hall–Kier alpha value is -0.0800. The number of nitrogens with zero attached hydrogens (tertiary/aromatic N) is 1. The van der Waals surface area contributed by atoms with Gasteiger partial charge in [0, 0.05) is 18.6 Å². The lowest BCUT2D eigenvalue weighted by Crippen LogP contribution is -2.45. The van der Waals surface area contributed by atoms with Crippen molar-refractivity contribution in [3.05, 3.63) is 0 Å². The Labute approximate surface area is 74.1 Å². The second-order valence-corrected chi connectivity index (χ2v) is 4.85. The molecule has 1 aliphatic carbocycles. The Kier molecular flexibility index (Phi) is 1.50. The zero-order chi connectivity index (χ0) is 8.13. The molecular formula is C10H18N2. The number of rotatable bonds is 0. The van der Waals surface area contributed by atoms with Gasteiger partial charge in [-0.3, -0.25) is 4.90 Å². The van der Waals surface area contributed by atoms with Crippen molar-refractivity contribution < 1.29 is 0 Å². The maximum absolute atomic E-state index is 6.00. The quantitative estimate of drug-likeness (QED) is 0.577. The standard InChI is InChI=1S/C10H18N2/c11-8-3-4-12-6-7-1-2-9(7)10(12)5-8/h7-10H,1-6,11H2. The number of piperidine rings is 1. The van der Waals surface area contributed by atoms with Crippen LogP contribution < -0.4 is 5.73 Å². The molecule has 0 spiro atoms. The highest BCUT2D eigenvalue weighted by Crippen LogP contribution is 2.47. The first-order valence-corrected chi connectivity index (χ1v) is 5.34. The Morgan fingerprint density at radius 1 is 1.17 bits per heavy atom. The fraction of sp³-hybridized carbons (Fsp3) is 1.00. The molecule has 2 saturated heterocycles. The third kappa shape index (κ3) is 0.882. The summed E-state index contributed by atoms with van der Waals surface area (Å²) >= 11 is 0. The predicted molar refractivity (Wildman–Crippen MR) is 48.8 cm³/mol. The van der Waals surface area contributed by atoms with Crippen LogP contribution in [0.2, 0.25) is 0 Å². The third-order valence-corrected chi connectivity index (χ3v) is 4.24. The SMILES string of the molecule is NC1CCN2CC3CCC3C2C1. The highest BCUT2D eigenvalue weighted by atomic mass is 15.2. The molecule has 0 aromatic heterocycles. The average molecular weight is 166 g/mol. The Bertz CT molecular complexity index is 192. The van der Waals surface area contributed by atoms with Crippen LogP contribution >= 0.6 is 0 Å². The van der Waals surface area contributed by atoms with Crippen molar-refractivity contribution >= 4 is 0 Å². The normalized spacial score (nSPS) is 52.8. The van der Waals surface area contributed by atoms with Crippen molar-refractivity contribution in [1.82, 2.24) is 4.90 Å². The molecule has 0 bridgehead atoms. The molecule has 2 aliphatic heterocycles. The van der Waals surface area contributed by atoms with E-state index in [0.717, 1.165) is 17.9 Å². The largest absolute Gasteiger partial charge is 0.328 e. The van der Waals surface area contributed by atoms with E-state index in [0.29, 0.717) is 6.04 Å². The molecule has 12 heavy (non-hydrogen) atoms. The van der Waals surface area contributed by atoms with E-state index < -0.39 is 0 Å². The highest BCUT2D eigenvalue weighted by molar-refractivity contribution is 5.02. The van der Waals surface area contributed by atoms with E-state index in [1.165, 1.54) is 38.8 Å². The lowest BCUT2D eigenvalue weighted by atomic mass is 9.71. The van der Waals surface area contributed by atoms with Crippen molar-refractivity contribution in [2.75, 3.05) is 13.1 Å². The van der Waals surface area contributed by atoms with Gasteiger partial charge in [0.2, 0.25) is 0 Å². The van der Waals surface area contributed by atoms with Crippen molar-refractivity contribution in [2.24, 2.45) is 17.6 Å². The molecule has 3 fully saturated rings. The van der Waals surface area contributed by atoms with E-state index >= 15 is 0 Å². The Balaban J connectivity index is 1.77. The zero-order valence-corrected chi connectivity index (χ0v) is 7.58. The van der Waals surface area contributed by atoms with Crippen molar-refractivity contribution in [3.8, 4) is 0 Å². The van der Waals surface area contributed by atoms with E-state index in [-0.39, 0.29) is 0 Å². The van der Waals surface area contributed by atoms with Crippen LogP contribution in [0.1, 0.15) is 25.7 Å². The Morgan fingerprint density at radius 3 is 2.83 bits per heavy atom. The average Bonchev–Trinajstić information content (AvgIpc) is 2.22. The van der Waals surface area contributed by atoms with Gasteiger partial charge in [-0.1, -0.05) is 0 Å². The highest BCUT2D eigenvalue weighted by Gasteiger charge is 2.48. The molecule has 0 aromatic rings. The fourth-order valence-electron chi connectivity index (χ4n) is 3.38. The molecule has 3 aliphatic rings. The van der Waals surface area contributed by atoms with Crippen molar-refractivity contribution in [1.29, 1.82) is 0 Å². The first kappa shape index (κ1) is 7.34. The second-order valence-electron chi connectivity index (χ2n) is 4.85. The summed E-state index contributed by atoms with van der Waals surface area (Å²) < 4.78 is 0. The molecule has 2 heterocycles. The smallest absolute Gasteiger partial charge is 0.0141 e. The van der Waals surface area contributed by atoms with E-state index in [1.807, 2.05) is 0 Å². The molecule has 2 nitrogen and oxygen atoms in total. The van der Waals surface area contributed by atoms with Crippen LogP contribution in [0, 0.1) is 11.8 Å². The van der Waals surface area contributed by atoms with Crippen molar-refractivity contribution in [2.45, 2.75) is 37.8 Å². The Morgan fingerprint density at radius 2 is 2.08 bits per heavy atom. The van der Waals surface area contributed by atoms with Gasteiger partial charge in [0.15, 0.2) is 0 Å². The summed E-state index contributed by atoms with van der Waals surface area (Å²) in [6.07, 6.45) is 5.49. The minimum absolute atomic E-state index is 0.505. The molecule has 3 rings (SSSR count). The van der Waals surface area contributed by atoms with E-state index in [1.54, 1.807) is 0 Å². The number of hydrogen-bond acceptors (Lipinski definition) is 2. The van der Waals surface area contributed by atoms with Crippen LogP contribution in [-0.2, 0) is 0 Å². The number of hydrogen-bond donors (Lipinski definition) is 1. The van der Waals surface area contributed by atoms with Crippen LogP contribution in [-0.4, -0.2) is 30.1 Å². The maximum Gasteiger partial charge on any atom is 0.0141 e. The van der Waals surface area contributed by atoms with Crippen molar-refractivity contribution in [3.63, 3.8) is 0 Å². The molecule has 1 saturated carbocycles. The summed E-state index contributed by atoms with van der Waals surface area (Å²) in [4.78, 5) is 2.70. The van der Waals surface area contributed by atoms with Gasteiger partial charge in [0.1, 0.15) is 0 Å². The fourth-order valence-corrected chi connectivity index (χ4v) is 3.38. The molecule has 68 valence electrons. The number of nitrogens with two attached hydrogens (primary N) is 1. The molecule has 4 unspecified atom stereocenters. The van der Waals surface area contributed by atoms with Crippen LogP contribution in [0.15, 0.2) is 0 Å². The monoisotopic (exact) mass is 166 g/mol. The van der Waals surface area contributed by atoms with Gasteiger partial charge in [0.05, 0.1) is 0 Å². The molecule has 2 heteroatoms. The minimum Gasteiger partial charge on any atom is -0.328 e. The summed E-state index contributed by atoms with van der Waals surface area (Å²) in [5.41, 5.74) is 6.00. The second kappa shape index (κ2) is 2.46. The van der Waals surface area contributed by atoms with E-state index in [2.05, 4.69) is 4.90 Å². The maximum atomic E-state index is 6.00. The molecular weight excluding hydrogens is 148 g/mol. The van der Waals surface area contributed by atoms with Gasteiger partial charge in [-0.15, -0.1) is 0 Å². The summed E-state index contributed by atoms with van der Waals surface area (Å²) in [6.45, 7) is 2.67. The first-order valence-electron chi connectivity index (χ1n) is 5.34. The predicted octanol–water partition coefficient (Wildman–Crippen LogP) is 0.818. The summed E-state index contributed by atoms with van der Waals surface area (Å²) in [5.74, 6) is 2.09. The van der Waals surface area contributed by atoms with Gasteiger partial charge in [-0.2, -0.15) is 0 Å². The van der Waals surface area contributed by atoms with Gasteiger partial charge in [-0.05, 0) is 44.1 Å². The molecule has 0 aromatic carbocycles. The topological polar surface area (TPSA) is 29.3 Å². The van der Waals surface area contributed by atoms with Crippen LogP contribution in [0.3, 0.4) is 0 Å². The van der Waals surface area contributed by atoms with Crippen LogP contribution in [0.5, 0.6) is 0 Å². The third-order valence-electron chi connectivity index (χ3n) is 4.24. The van der Waals surface area contributed by atoms with Gasteiger partial charge < -0.3 is 5.73 Å². The summed E-state index contributed by atoms with van der Waals surface area (Å²) in [5, 5.41) is 0. The van der Waals surface area contributed by atoms with Gasteiger partial charge in [0.25, 0.3) is 0 Å². The van der Waals surface area contributed by atoms with E-state index in [4.69, 9.17) is 5.73 Å². The van der Waals surface area contributed by atoms with Crippen LogP contribution in [0.25, 0.3) is 0 Å². The van der Waals surface area contributed by atoms with E-state index in [9.17, 15) is 0 Å². The van der Waals surface area contributed by atoms with Gasteiger partial charge >= 0.3 is 0 Å². The zero-order valence-electron chi connectivity index (χ0n) is 7.58. The number of fused-ring (bicyclic) bond motifs is 3. The molecule has 4 atom stereocenters. The summed E-state index contributed by atoms with van der Waals surface area (Å²) in [6, 6.07) is 1.39. The van der Waals surface area contributed by atoms with Crippen LogP contribution in [0.4, 0.5) is 0 Å². The molecule has 2 N–H and O–H groups in total. The lowest BCUT2D eigenvalue weighted by molar-refractivity contribution is 0.137. The molecule has 0 radical (unpaired) electrons. The molecule has 0 amide bonds. The first-order chi connectivity index (χ1) is 5.84. The minimum atomic E-state index is 0.505. The van der Waals surface area contributed by atoms with Gasteiger partial charge in [-0.25, -0.2) is 0 Å². The lowest BCUT2D eigenvalue weighted by Gasteiger charge is -2.38.